The molecule has 0 radical (unpaired) electrons. The van der Waals surface area contributed by atoms with E-state index in [1.807, 2.05) is 4.90 Å². The molecule has 5 nitrogen and oxygen atoms in total. The number of benzene rings is 1. The van der Waals surface area contributed by atoms with E-state index in [-0.39, 0.29) is 36.8 Å². The monoisotopic (exact) mass is 430 g/mol. The van der Waals surface area contributed by atoms with E-state index < -0.39 is 0 Å². The van der Waals surface area contributed by atoms with Gasteiger partial charge in [0.1, 0.15) is 0 Å². The molecule has 2 atom stereocenters. The number of nitrogens with zero attached hydrogens (tertiary/aromatic N) is 3. The number of anilines is 1. The maximum absolute atomic E-state index is 12.7. The van der Waals surface area contributed by atoms with Crippen LogP contribution in [0.15, 0.2) is 24.3 Å². The van der Waals surface area contributed by atoms with Crippen molar-refractivity contribution in [3.05, 3.63) is 29.8 Å². The van der Waals surface area contributed by atoms with Gasteiger partial charge in [0.25, 0.3) is 0 Å². The minimum absolute atomic E-state index is 0. The minimum atomic E-state index is 0. The minimum Gasteiger partial charge on any atom is -0.369 e. The van der Waals surface area contributed by atoms with Crippen LogP contribution in [-0.2, 0) is 4.79 Å². The van der Waals surface area contributed by atoms with Crippen LogP contribution in [-0.4, -0.2) is 67.6 Å². The summed E-state index contributed by atoms with van der Waals surface area (Å²) in [6.45, 7) is 10.9. The number of rotatable bonds is 5. The molecule has 3 rings (SSSR count). The van der Waals surface area contributed by atoms with Gasteiger partial charge in [-0.05, 0) is 43.4 Å². The molecule has 0 aliphatic carbocycles. The predicted molar refractivity (Wildman–Crippen MR) is 122 cm³/mol. The molecule has 2 saturated heterocycles. The summed E-state index contributed by atoms with van der Waals surface area (Å²) in [6, 6.07) is 8.95. The third-order valence-electron chi connectivity index (χ3n) is 5.95. The number of carbonyl (C=O) groups excluding carboxylic acids is 1. The Morgan fingerprint density at radius 3 is 2.50 bits per heavy atom. The molecule has 28 heavy (non-hydrogen) atoms. The molecule has 0 saturated carbocycles. The van der Waals surface area contributed by atoms with Crippen LogP contribution in [0.25, 0.3) is 0 Å². The van der Waals surface area contributed by atoms with E-state index in [0.717, 1.165) is 52.1 Å². The Kier molecular flexibility index (Phi) is 10.6. The van der Waals surface area contributed by atoms with Crippen LogP contribution in [0.2, 0.25) is 0 Å². The molecule has 2 N–H and O–H groups in total. The summed E-state index contributed by atoms with van der Waals surface area (Å²) in [5.74, 6) is 0.968. The zero-order valence-electron chi connectivity index (χ0n) is 17.2. The Morgan fingerprint density at radius 1 is 1.14 bits per heavy atom. The van der Waals surface area contributed by atoms with Crippen molar-refractivity contribution in [2.45, 2.75) is 39.2 Å². The van der Waals surface area contributed by atoms with Gasteiger partial charge in [-0.1, -0.05) is 19.1 Å². The number of amides is 1. The Hall–Kier alpha value is -1.01. The van der Waals surface area contributed by atoms with Crippen LogP contribution < -0.4 is 10.6 Å². The summed E-state index contributed by atoms with van der Waals surface area (Å²) >= 11 is 0. The fraction of sp³-hybridized carbons (Fsp3) is 0.667. The number of nitrogens with two attached hydrogens (primary N) is 1. The Balaban J connectivity index is 0.00000196. The molecule has 160 valence electrons. The van der Waals surface area contributed by atoms with Crippen LogP contribution in [0.1, 0.15) is 31.7 Å². The molecule has 1 aromatic carbocycles. The molecule has 2 unspecified atom stereocenters. The van der Waals surface area contributed by atoms with E-state index in [2.05, 4.69) is 47.9 Å². The Morgan fingerprint density at radius 2 is 1.86 bits per heavy atom. The standard InChI is InChI=1S/C21H34N4O.2ClH/c1-17-4-3-5-19(14-17)24-12-10-23(11-13-24)8-7-21(26)25-9-6-18(2)15-20(25)16-22;;/h3-5,14,18,20H,6-13,15-16,22H2,1-2H3;2*1H. The SMILES string of the molecule is Cc1cccc(N2CCN(CCC(=O)N3CCC(C)CC3CN)CC2)c1.Cl.Cl. The number of piperazine rings is 1. The van der Waals surface area contributed by atoms with Gasteiger partial charge in [0, 0.05) is 64.0 Å². The van der Waals surface area contributed by atoms with Crippen molar-refractivity contribution in [2.75, 3.05) is 50.7 Å². The average molecular weight is 431 g/mol. The van der Waals surface area contributed by atoms with Crippen molar-refractivity contribution in [1.29, 1.82) is 0 Å². The molecular weight excluding hydrogens is 395 g/mol. The van der Waals surface area contributed by atoms with E-state index in [4.69, 9.17) is 5.73 Å². The molecule has 7 heteroatoms. The highest BCUT2D eigenvalue weighted by Gasteiger charge is 2.29. The van der Waals surface area contributed by atoms with E-state index >= 15 is 0 Å². The summed E-state index contributed by atoms with van der Waals surface area (Å²) in [4.78, 5) is 19.6. The Labute approximate surface area is 182 Å². The summed E-state index contributed by atoms with van der Waals surface area (Å²) in [5, 5.41) is 0. The lowest BCUT2D eigenvalue weighted by atomic mass is 9.92. The molecule has 0 bridgehead atoms. The number of halogens is 2. The lowest BCUT2D eigenvalue weighted by Crippen LogP contribution is -2.51. The van der Waals surface area contributed by atoms with Gasteiger partial charge in [0.2, 0.25) is 5.91 Å². The first-order valence-electron chi connectivity index (χ1n) is 10.1. The first-order chi connectivity index (χ1) is 12.6. The van der Waals surface area contributed by atoms with Crippen LogP contribution in [0, 0.1) is 12.8 Å². The average Bonchev–Trinajstić information content (AvgIpc) is 2.66. The van der Waals surface area contributed by atoms with Crippen LogP contribution in [0.5, 0.6) is 0 Å². The lowest BCUT2D eigenvalue weighted by Gasteiger charge is -2.39. The molecule has 1 amide bonds. The van der Waals surface area contributed by atoms with E-state index in [1.165, 1.54) is 11.3 Å². The van der Waals surface area contributed by atoms with Crippen molar-refractivity contribution in [2.24, 2.45) is 11.7 Å². The fourth-order valence-electron chi connectivity index (χ4n) is 4.26. The molecule has 2 aliphatic heterocycles. The summed E-state index contributed by atoms with van der Waals surface area (Å²) in [7, 11) is 0. The van der Waals surface area contributed by atoms with Gasteiger partial charge < -0.3 is 15.5 Å². The highest BCUT2D eigenvalue weighted by atomic mass is 35.5. The predicted octanol–water partition coefficient (Wildman–Crippen LogP) is 2.94. The maximum atomic E-state index is 12.7. The Bertz CT molecular complexity index is 608. The molecule has 2 aliphatic rings. The van der Waals surface area contributed by atoms with Crippen molar-refractivity contribution < 1.29 is 4.79 Å². The second kappa shape index (κ2) is 11.9. The van der Waals surface area contributed by atoms with Gasteiger partial charge in [-0.25, -0.2) is 0 Å². The maximum Gasteiger partial charge on any atom is 0.224 e. The molecule has 0 spiro atoms. The van der Waals surface area contributed by atoms with Gasteiger partial charge in [-0.2, -0.15) is 0 Å². The van der Waals surface area contributed by atoms with Gasteiger partial charge in [0.15, 0.2) is 0 Å². The van der Waals surface area contributed by atoms with E-state index in [0.29, 0.717) is 18.9 Å². The van der Waals surface area contributed by atoms with Crippen LogP contribution in [0.3, 0.4) is 0 Å². The molecular formula is C21H36Cl2N4O. The lowest BCUT2D eigenvalue weighted by molar-refractivity contribution is -0.135. The second-order valence-corrected chi connectivity index (χ2v) is 8.02. The summed E-state index contributed by atoms with van der Waals surface area (Å²) in [5.41, 5.74) is 8.52. The number of carbonyl (C=O) groups is 1. The first-order valence-corrected chi connectivity index (χ1v) is 10.1. The highest BCUT2D eigenvalue weighted by Crippen LogP contribution is 2.23. The third-order valence-corrected chi connectivity index (χ3v) is 5.95. The summed E-state index contributed by atoms with van der Waals surface area (Å²) in [6.07, 6.45) is 2.78. The quantitative estimate of drug-likeness (QED) is 0.779. The van der Waals surface area contributed by atoms with Crippen LogP contribution >= 0.6 is 24.8 Å². The van der Waals surface area contributed by atoms with Crippen molar-refractivity contribution in [1.82, 2.24) is 9.80 Å². The molecule has 2 fully saturated rings. The van der Waals surface area contributed by atoms with Crippen molar-refractivity contribution in [3.8, 4) is 0 Å². The van der Waals surface area contributed by atoms with Crippen LogP contribution in [0.4, 0.5) is 5.69 Å². The van der Waals surface area contributed by atoms with Gasteiger partial charge in [-0.15, -0.1) is 24.8 Å². The zero-order chi connectivity index (χ0) is 18.5. The second-order valence-electron chi connectivity index (χ2n) is 8.02. The summed E-state index contributed by atoms with van der Waals surface area (Å²) < 4.78 is 0. The molecule has 0 aromatic heterocycles. The first kappa shape index (κ1) is 25.0. The largest absolute Gasteiger partial charge is 0.369 e. The van der Waals surface area contributed by atoms with E-state index in [1.54, 1.807) is 0 Å². The van der Waals surface area contributed by atoms with Crippen molar-refractivity contribution in [3.63, 3.8) is 0 Å². The highest BCUT2D eigenvalue weighted by molar-refractivity contribution is 5.85. The smallest absolute Gasteiger partial charge is 0.224 e. The zero-order valence-corrected chi connectivity index (χ0v) is 18.8. The van der Waals surface area contributed by atoms with Crippen molar-refractivity contribution >= 4 is 36.4 Å². The number of hydrogen-bond acceptors (Lipinski definition) is 4. The molecule has 2 heterocycles. The van der Waals surface area contributed by atoms with E-state index in [9.17, 15) is 4.79 Å². The number of aryl methyl sites for hydroxylation is 1. The topological polar surface area (TPSA) is 52.8 Å². The number of hydrogen-bond donors (Lipinski definition) is 1. The number of likely N-dealkylation sites (tertiary alicyclic amines) is 1. The third kappa shape index (κ3) is 6.51. The van der Waals surface area contributed by atoms with Gasteiger partial charge in [0.05, 0.1) is 0 Å². The van der Waals surface area contributed by atoms with Gasteiger partial charge in [-0.3, -0.25) is 9.69 Å². The van der Waals surface area contributed by atoms with Gasteiger partial charge >= 0.3 is 0 Å². The molecule has 1 aromatic rings. The fourth-order valence-corrected chi connectivity index (χ4v) is 4.26. The normalized spacial score (nSPS) is 23.0. The number of piperidine rings is 1.